The van der Waals surface area contributed by atoms with Crippen LogP contribution in [0.4, 0.5) is 4.39 Å². The third-order valence-corrected chi connectivity index (χ3v) is 1.53. The highest BCUT2D eigenvalue weighted by Crippen LogP contribution is 2.16. The van der Waals surface area contributed by atoms with Crippen molar-refractivity contribution in [1.82, 2.24) is 4.98 Å². The molecule has 1 rings (SSSR count). The van der Waals surface area contributed by atoms with Gasteiger partial charge in [-0.15, -0.1) is 12.3 Å². The Bertz CT molecular complexity index is 412. The summed E-state index contributed by atoms with van der Waals surface area (Å²) in [6, 6.07) is 0.848. The summed E-state index contributed by atoms with van der Waals surface area (Å²) in [6.07, 6.45) is 6.21. The van der Waals surface area contributed by atoms with Gasteiger partial charge in [-0.2, -0.15) is 0 Å². The maximum absolute atomic E-state index is 12.7. The standard InChI is InChI=1S/C10H8FNO3/c1-2-3-4-15-9-8(10(13)14)5-7(11)6-12-9/h1,5-6H,3-4H2,(H,13,14). The van der Waals surface area contributed by atoms with Crippen LogP contribution in [-0.4, -0.2) is 22.7 Å². The van der Waals surface area contributed by atoms with Crippen molar-refractivity contribution < 1.29 is 19.0 Å². The number of aromatic nitrogens is 1. The molecule has 0 spiro atoms. The summed E-state index contributed by atoms with van der Waals surface area (Å²) in [5.41, 5.74) is -0.313. The van der Waals surface area contributed by atoms with Gasteiger partial charge in [0.25, 0.3) is 0 Å². The third kappa shape index (κ3) is 2.95. The first-order chi connectivity index (χ1) is 7.15. The van der Waals surface area contributed by atoms with Gasteiger partial charge < -0.3 is 9.84 Å². The van der Waals surface area contributed by atoms with Crippen molar-refractivity contribution in [2.45, 2.75) is 6.42 Å². The lowest BCUT2D eigenvalue weighted by Gasteiger charge is -2.05. The van der Waals surface area contributed by atoms with Crippen LogP contribution in [0.15, 0.2) is 12.3 Å². The van der Waals surface area contributed by atoms with Crippen LogP contribution >= 0.6 is 0 Å². The second-order valence-corrected chi connectivity index (χ2v) is 2.61. The van der Waals surface area contributed by atoms with Gasteiger partial charge in [0.05, 0.1) is 6.20 Å². The van der Waals surface area contributed by atoms with E-state index in [1.807, 2.05) is 0 Å². The third-order valence-electron chi connectivity index (χ3n) is 1.53. The monoisotopic (exact) mass is 209 g/mol. The normalized spacial score (nSPS) is 9.33. The van der Waals surface area contributed by atoms with Crippen LogP contribution in [0.5, 0.6) is 5.88 Å². The van der Waals surface area contributed by atoms with E-state index in [2.05, 4.69) is 10.9 Å². The molecule has 0 bridgehead atoms. The molecule has 4 nitrogen and oxygen atoms in total. The number of hydrogen-bond donors (Lipinski definition) is 1. The number of pyridine rings is 1. The second-order valence-electron chi connectivity index (χ2n) is 2.61. The molecule has 0 fully saturated rings. The van der Waals surface area contributed by atoms with Crippen molar-refractivity contribution in [2.24, 2.45) is 0 Å². The molecule has 0 amide bonds. The van der Waals surface area contributed by atoms with Crippen LogP contribution in [0.1, 0.15) is 16.8 Å². The van der Waals surface area contributed by atoms with Crippen molar-refractivity contribution in [3.63, 3.8) is 0 Å². The fraction of sp³-hybridized carbons (Fsp3) is 0.200. The Balaban J connectivity index is 2.87. The summed E-state index contributed by atoms with van der Waals surface area (Å²) >= 11 is 0. The van der Waals surface area contributed by atoms with E-state index in [1.54, 1.807) is 0 Å². The Morgan fingerprint density at radius 3 is 3.07 bits per heavy atom. The average Bonchev–Trinajstić information content (AvgIpc) is 2.20. The number of hydrogen-bond acceptors (Lipinski definition) is 3. The molecule has 0 aromatic carbocycles. The Kier molecular flexibility index (Phi) is 3.63. The summed E-state index contributed by atoms with van der Waals surface area (Å²) in [7, 11) is 0. The first-order valence-corrected chi connectivity index (χ1v) is 4.10. The summed E-state index contributed by atoms with van der Waals surface area (Å²) < 4.78 is 17.7. The molecular formula is C10H8FNO3. The van der Waals surface area contributed by atoms with Crippen LogP contribution in [-0.2, 0) is 0 Å². The number of ether oxygens (including phenoxy) is 1. The van der Waals surface area contributed by atoms with Crippen molar-refractivity contribution in [2.75, 3.05) is 6.61 Å². The molecule has 0 unspecified atom stereocenters. The largest absolute Gasteiger partial charge is 0.477 e. The van der Waals surface area contributed by atoms with Gasteiger partial charge in [-0.25, -0.2) is 14.2 Å². The first-order valence-electron chi connectivity index (χ1n) is 4.10. The van der Waals surface area contributed by atoms with E-state index in [-0.39, 0.29) is 18.1 Å². The predicted molar refractivity (Wildman–Crippen MR) is 50.1 cm³/mol. The van der Waals surface area contributed by atoms with E-state index in [1.165, 1.54) is 0 Å². The molecule has 0 saturated carbocycles. The zero-order valence-electron chi connectivity index (χ0n) is 7.74. The van der Waals surface area contributed by atoms with Gasteiger partial charge in [0.1, 0.15) is 18.0 Å². The summed E-state index contributed by atoms with van der Waals surface area (Å²) in [5, 5.41) is 8.72. The van der Waals surface area contributed by atoms with Gasteiger partial charge in [-0.3, -0.25) is 0 Å². The zero-order chi connectivity index (χ0) is 11.3. The minimum Gasteiger partial charge on any atom is -0.477 e. The molecule has 78 valence electrons. The van der Waals surface area contributed by atoms with Gasteiger partial charge in [-0.05, 0) is 6.07 Å². The van der Waals surface area contributed by atoms with Gasteiger partial charge >= 0.3 is 5.97 Å². The average molecular weight is 209 g/mol. The van der Waals surface area contributed by atoms with Gasteiger partial charge in [0.15, 0.2) is 0 Å². The summed E-state index contributed by atoms with van der Waals surface area (Å²) in [6.45, 7) is 0.148. The van der Waals surface area contributed by atoms with E-state index in [0.717, 1.165) is 12.3 Å². The maximum atomic E-state index is 12.7. The van der Waals surface area contributed by atoms with E-state index in [4.69, 9.17) is 16.3 Å². The first kappa shape index (κ1) is 11.0. The van der Waals surface area contributed by atoms with Crippen LogP contribution in [0.2, 0.25) is 0 Å². The highest BCUT2D eigenvalue weighted by Gasteiger charge is 2.13. The van der Waals surface area contributed by atoms with E-state index in [9.17, 15) is 9.18 Å². The fourth-order valence-electron chi connectivity index (χ4n) is 0.902. The molecule has 0 atom stereocenters. The molecule has 0 aliphatic heterocycles. The topological polar surface area (TPSA) is 59.4 Å². The number of carbonyl (C=O) groups is 1. The van der Waals surface area contributed by atoms with Crippen molar-refractivity contribution in [3.8, 4) is 18.2 Å². The van der Waals surface area contributed by atoms with Gasteiger partial charge in [0.2, 0.25) is 5.88 Å². The molecule has 1 heterocycles. The van der Waals surface area contributed by atoms with Gasteiger partial charge in [0, 0.05) is 6.42 Å². The lowest BCUT2D eigenvalue weighted by Crippen LogP contribution is -2.06. The van der Waals surface area contributed by atoms with E-state index < -0.39 is 11.8 Å². The second kappa shape index (κ2) is 4.96. The summed E-state index contributed by atoms with van der Waals surface area (Å²) in [5.74, 6) is 0.179. The molecule has 15 heavy (non-hydrogen) atoms. The quantitative estimate of drug-likeness (QED) is 0.600. The number of aromatic carboxylic acids is 1. The molecule has 0 aliphatic carbocycles. The molecule has 1 aromatic heterocycles. The molecule has 0 aliphatic rings. The smallest absolute Gasteiger partial charge is 0.341 e. The number of carboxylic acids is 1. The fourth-order valence-corrected chi connectivity index (χ4v) is 0.902. The molecule has 5 heteroatoms. The van der Waals surface area contributed by atoms with Crippen LogP contribution < -0.4 is 4.74 Å². The van der Waals surface area contributed by atoms with Gasteiger partial charge in [-0.1, -0.05) is 0 Å². The Morgan fingerprint density at radius 2 is 2.47 bits per heavy atom. The van der Waals surface area contributed by atoms with E-state index >= 15 is 0 Å². The predicted octanol–water partition coefficient (Wildman–Crippen LogP) is 1.32. The van der Waals surface area contributed by atoms with Crippen LogP contribution in [0.25, 0.3) is 0 Å². The maximum Gasteiger partial charge on any atom is 0.341 e. The minimum atomic E-state index is -1.29. The highest BCUT2D eigenvalue weighted by atomic mass is 19.1. The Labute approximate surface area is 85.7 Å². The Hall–Kier alpha value is -2.09. The molecule has 1 aromatic rings. The van der Waals surface area contributed by atoms with Crippen LogP contribution in [0.3, 0.4) is 0 Å². The minimum absolute atomic E-state index is 0.126. The van der Waals surface area contributed by atoms with Crippen LogP contribution in [0, 0.1) is 18.2 Å². The number of carboxylic acid groups (broad SMARTS) is 1. The SMILES string of the molecule is C#CCCOc1ncc(F)cc1C(=O)O. The number of rotatable bonds is 4. The number of halogens is 1. The lowest BCUT2D eigenvalue weighted by atomic mass is 10.3. The number of terminal acetylenes is 1. The van der Waals surface area contributed by atoms with Crippen molar-refractivity contribution >= 4 is 5.97 Å². The van der Waals surface area contributed by atoms with Crippen molar-refractivity contribution in [1.29, 1.82) is 0 Å². The molecule has 0 radical (unpaired) electrons. The Morgan fingerprint density at radius 1 is 1.73 bits per heavy atom. The lowest BCUT2D eigenvalue weighted by molar-refractivity contribution is 0.0690. The highest BCUT2D eigenvalue weighted by molar-refractivity contribution is 5.90. The number of nitrogens with zero attached hydrogens (tertiary/aromatic N) is 1. The molecule has 0 saturated heterocycles. The van der Waals surface area contributed by atoms with E-state index in [0.29, 0.717) is 6.42 Å². The molecular weight excluding hydrogens is 201 g/mol. The molecule has 1 N–H and O–H groups in total. The summed E-state index contributed by atoms with van der Waals surface area (Å²) in [4.78, 5) is 14.2. The zero-order valence-corrected chi connectivity index (χ0v) is 7.74. The van der Waals surface area contributed by atoms with Crippen molar-refractivity contribution in [3.05, 3.63) is 23.6 Å².